The molecule has 0 saturated carbocycles. The smallest absolute Gasteiger partial charge is 0.164 e. The molecule has 0 spiro atoms. The summed E-state index contributed by atoms with van der Waals surface area (Å²) >= 11 is 0. The van der Waals surface area contributed by atoms with Crippen LogP contribution in [0, 0.1) is 0 Å². The zero-order valence-corrected chi connectivity index (χ0v) is 32.2. The Labute approximate surface area is 342 Å². The predicted octanol–water partition coefficient (Wildman–Crippen LogP) is 13.6. The Bertz CT molecular complexity index is 3220. The van der Waals surface area contributed by atoms with Crippen LogP contribution in [-0.2, 0) is 0 Å². The number of nitrogens with zero attached hydrogens (tertiary/aromatic N) is 5. The van der Waals surface area contributed by atoms with Gasteiger partial charge in [-0.15, -0.1) is 0 Å². The van der Waals surface area contributed by atoms with Crippen LogP contribution in [0.1, 0.15) is 5.82 Å². The van der Waals surface area contributed by atoms with Gasteiger partial charge in [0.15, 0.2) is 17.5 Å². The maximum atomic E-state index is 5.09. The normalized spacial score (nSPS) is 11.6. The van der Waals surface area contributed by atoms with E-state index in [0.717, 1.165) is 61.0 Å². The van der Waals surface area contributed by atoms with E-state index in [1.54, 1.807) is 24.5 Å². The molecule has 59 heavy (non-hydrogen) atoms. The fourth-order valence-corrected chi connectivity index (χ4v) is 8.06. The minimum atomic E-state index is 0.532. The van der Waals surface area contributed by atoms with Crippen molar-refractivity contribution >= 4 is 38.2 Å². The number of aromatic nitrogens is 5. The zero-order chi connectivity index (χ0) is 39.7. The topological polar surface area (TPSA) is 56.5 Å². The standard InChI is InChI=1S/C54H37N5/c1-3-12-36(4-2)52-56-53(41-25-21-37(22-26-41)39-31-33-55-34-32-39)58-54(57-52)49-30-29-44(45-15-8-9-16-46(45)49)40-23-19-38(20-24-40)42-27-28-48-47-17-10-11-18-50(47)59(51(48)35-42)43-13-6-5-7-14-43/h3-35H,1-2H2/b36-12+. The van der Waals surface area contributed by atoms with Crippen LogP contribution in [-0.4, -0.2) is 24.5 Å². The molecule has 0 fully saturated rings. The molecule has 5 nitrogen and oxygen atoms in total. The number of pyridine rings is 1. The lowest BCUT2D eigenvalue weighted by molar-refractivity contribution is 1.04. The third-order valence-electron chi connectivity index (χ3n) is 11.0. The second-order valence-corrected chi connectivity index (χ2v) is 14.4. The molecule has 0 saturated heterocycles. The molecule has 0 unspecified atom stereocenters. The lowest BCUT2D eigenvalue weighted by Gasteiger charge is -2.14. The Kier molecular flexibility index (Phi) is 9.09. The second kappa shape index (κ2) is 15.1. The summed E-state index contributed by atoms with van der Waals surface area (Å²) < 4.78 is 2.36. The molecule has 3 aromatic heterocycles. The predicted molar refractivity (Wildman–Crippen MR) is 245 cm³/mol. The van der Waals surface area contributed by atoms with Gasteiger partial charge in [-0.1, -0.05) is 159 Å². The monoisotopic (exact) mass is 755 g/mol. The fraction of sp³-hybridized carbons (Fsp3) is 0. The van der Waals surface area contributed by atoms with Gasteiger partial charge >= 0.3 is 0 Å². The molecule has 0 amide bonds. The highest BCUT2D eigenvalue weighted by molar-refractivity contribution is 6.10. The number of rotatable bonds is 9. The van der Waals surface area contributed by atoms with Crippen molar-refractivity contribution in [1.29, 1.82) is 0 Å². The van der Waals surface area contributed by atoms with Crippen LogP contribution in [0.15, 0.2) is 214 Å². The van der Waals surface area contributed by atoms with Crippen molar-refractivity contribution in [3.63, 3.8) is 0 Å². The summed E-state index contributed by atoms with van der Waals surface area (Å²) in [7, 11) is 0. The van der Waals surface area contributed by atoms with Gasteiger partial charge in [0.05, 0.1) is 11.0 Å². The molecular formula is C54H37N5. The van der Waals surface area contributed by atoms with Gasteiger partial charge < -0.3 is 4.57 Å². The second-order valence-electron chi connectivity index (χ2n) is 14.4. The van der Waals surface area contributed by atoms with Gasteiger partial charge in [0.2, 0.25) is 0 Å². The lowest BCUT2D eigenvalue weighted by Crippen LogP contribution is -2.02. The van der Waals surface area contributed by atoms with E-state index in [1.807, 2.05) is 18.2 Å². The van der Waals surface area contributed by atoms with E-state index in [2.05, 4.69) is 180 Å². The molecule has 0 aliphatic carbocycles. The average molecular weight is 756 g/mol. The molecular weight excluding hydrogens is 719 g/mol. The van der Waals surface area contributed by atoms with E-state index in [0.29, 0.717) is 17.5 Å². The number of fused-ring (bicyclic) bond motifs is 4. The number of hydrogen-bond acceptors (Lipinski definition) is 4. The summed E-state index contributed by atoms with van der Waals surface area (Å²) in [5.74, 6) is 1.69. The van der Waals surface area contributed by atoms with Crippen molar-refractivity contribution < 1.29 is 0 Å². The van der Waals surface area contributed by atoms with E-state index in [9.17, 15) is 0 Å². The van der Waals surface area contributed by atoms with Crippen molar-refractivity contribution in [3.8, 4) is 61.8 Å². The molecule has 0 bridgehead atoms. The lowest BCUT2D eigenvalue weighted by atomic mass is 9.93. The summed E-state index contributed by atoms with van der Waals surface area (Å²) in [5.41, 5.74) is 12.9. The molecule has 0 radical (unpaired) electrons. The van der Waals surface area contributed by atoms with Crippen molar-refractivity contribution in [2.24, 2.45) is 0 Å². The largest absolute Gasteiger partial charge is 0.309 e. The van der Waals surface area contributed by atoms with Crippen molar-refractivity contribution in [1.82, 2.24) is 24.5 Å². The molecule has 7 aromatic carbocycles. The van der Waals surface area contributed by atoms with Gasteiger partial charge in [-0.25, -0.2) is 15.0 Å². The van der Waals surface area contributed by atoms with Crippen LogP contribution in [0.5, 0.6) is 0 Å². The average Bonchev–Trinajstić information content (AvgIpc) is 3.64. The molecule has 0 N–H and O–H groups in total. The highest BCUT2D eigenvalue weighted by atomic mass is 15.0. The quantitative estimate of drug-likeness (QED) is 0.138. The van der Waals surface area contributed by atoms with E-state index in [4.69, 9.17) is 15.0 Å². The van der Waals surface area contributed by atoms with Crippen LogP contribution >= 0.6 is 0 Å². The van der Waals surface area contributed by atoms with Crippen LogP contribution in [0.4, 0.5) is 0 Å². The van der Waals surface area contributed by atoms with E-state index in [-0.39, 0.29) is 0 Å². The maximum absolute atomic E-state index is 5.09. The maximum Gasteiger partial charge on any atom is 0.164 e. The molecule has 0 aliphatic heterocycles. The third kappa shape index (κ3) is 6.51. The SMILES string of the molecule is C=C/C=C(\C=C)c1nc(-c2ccc(-c3ccncc3)cc2)nc(-c2ccc(-c3ccc(-c4ccc5c6ccccc6n(-c6ccccc6)c5c4)cc3)c3ccccc23)n1. The van der Waals surface area contributed by atoms with Gasteiger partial charge in [-0.05, 0) is 86.6 Å². The summed E-state index contributed by atoms with van der Waals surface area (Å²) in [4.78, 5) is 19.2. The van der Waals surface area contributed by atoms with Crippen LogP contribution in [0.25, 0.3) is 100.0 Å². The highest BCUT2D eigenvalue weighted by Crippen LogP contribution is 2.38. The van der Waals surface area contributed by atoms with Gasteiger partial charge in [-0.3, -0.25) is 4.98 Å². The number of benzene rings is 7. The van der Waals surface area contributed by atoms with E-state index in [1.165, 1.54) is 27.4 Å². The van der Waals surface area contributed by atoms with Crippen LogP contribution < -0.4 is 0 Å². The van der Waals surface area contributed by atoms with Crippen molar-refractivity contribution in [2.45, 2.75) is 0 Å². The molecule has 10 aromatic rings. The van der Waals surface area contributed by atoms with E-state index >= 15 is 0 Å². The number of para-hydroxylation sites is 2. The van der Waals surface area contributed by atoms with Crippen LogP contribution in [0.3, 0.4) is 0 Å². The Morgan fingerprint density at radius 3 is 1.73 bits per heavy atom. The summed E-state index contributed by atoms with van der Waals surface area (Å²) in [5, 5.41) is 4.66. The first-order chi connectivity index (χ1) is 29.2. The first-order valence-corrected chi connectivity index (χ1v) is 19.6. The molecule has 5 heteroatoms. The van der Waals surface area contributed by atoms with Crippen LogP contribution in [0.2, 0.25) is 0 Å². The summed E-state index contributed by atoms with van der Waals surface area (Å²) in [6.45, 7) is 7.95. The first-order valence-electron chi connectivity index (χ1n) is 19.6. The molecule has 3 heterocycles. The van der Waals surface area contributed by atoms with Gasteiger partial charge in [-0.2, -0.15) is 0 Å². The van der Waals surface area contributed by atoms with Crippen molar-refractivity contribution in [2.75, 3.05) is 0 Å². The van der Waals surface area contributed by atoms with Gasteiger partial charge in [0.25, 0.3) is 0 Å². The highest BCUT2D eigenvalue weighted by Gasteiger charge is 2.17. The number of hydrogen-bond donors (Lipinski definition) is 0. The number of allylic oxidation sites excluding steroid dienone is 4. The minimum absolute atomic E-state index is 0.532. The summed E-state index contributed by atoms with van der Waals surface area (Å²) in [6.07, 6.45) is 8.95. The summed E-state index contributed by atoms with van der Waals surface area (Å²) in [6, 6.07) is 60.0. The van der Waals surface area contributed by atoms with Crippen molar-refractivity contribution in [3.05, 3.63) is 219 Å². The van der Waals surface area contributed by atoms with Gasteiger partial charge in [0.1, 0.15) is 0 Å². The Balaban J connectivity index is 1.04. The Morgan fingerprint density at radius 2 is 1.00 bits per heavy atom. The van der Waals surface area contributed by atoms with Gasteiger partial charge in [0, 0.05) is 45.6 Å². The fourth-order valence-electron chi connectivity index (χ4n) is 8.06. The Morgan fingerprint density at radius 1 is 0.441 bits per heavy atom. The van der Waals surface area contributed by atoms with E-state index < -0.39 is 0 Å². The Hall–Kier alpha value is -8.02. The zero-order valence-electron chi connectivity index (χ0n) is 32.2. The third-order valence-corrected chi connectivity index (χ3v) is 11.0. The minimum Gasteiger partial charge on any atom is -0.309 e. The molecule has 10 rings (SSSR count). The molecule has 0 aliphatic rings. The first kappa shape index (κ1) is 35.4. The molecule has 0 atom stereocenters. The molecule has 278 valence electrons.